The molecule has 35 heavy (non-hydrogen) atoms. The summed E-state index contributed by atoms with van der Waals surface area (Å²) >= 11 is 0. The molecule has 2 atom stereocenters. The van der Waals surface area contributed by atoms with Crippen molar-refractivity contribution in [1.82, 2.24) is 20.2 Å². The predicted molar refractivity (Wildman–Crippen MR) is 127 cm³/mol. The van der Waals surface area contributed by atoms with E-state index in [2.05, 4.69) is 25.6 Å². The molecule has 3 N–H and O–H groups in total. The van der Waals surface area contributed by atoms with E-state index in [0.29, 0.717) is 42.0 Å². The lowest BCUT2D eigenvalue weighted by Gasteiger charge is -2.35. The highest BCUT2D eigenvalue weighted by atomic mass is 19.1. The van der Waals surface area contributed by atoms with Crippen molar-refractivity contribution in [3.05, 3.63) is 76.9 Å². The van der Waals surface area contributed by atoms with E-state index >= 15 is 0 Å². The Hall–Kier alpha value is -4.20. The van der Waals surface area contributed by atoms with Gasteiger partial charge in [0.25, 0.3) is 5.91 Å². The van der Waals surface area contributed by atoms with Crippen LogP contribution >= 0.6 is 0 Å². The maximum absolute atomic E-state index is 14.9. The zero-order chi connectivity index (χ0) is 24.5. The third kappa shape index (κ3) is 4.23. The Morgan fingerprint density at radius 3 is 2.91 bits per heavy atom. The van der Waals surface area contributed by atoms with Gasteiger partial charge in [0.2, 0.25) is 0 Å². The van der Waals surface area contributed by atoms with Gasteiger partial charge >= 0.3 is 0 Å². The molecule has 1 saturated heterocycles. The summed E-state index contributed by atoms with van der Waals surface area (Å²) in [5.74, 6) is -1.11. The van der Waals surface area contributed by atoms with E-state index in [1.54, 1.807) is 36.7 Å². The number of anilines is 2. The number of nitrogens with zero attached hydrogens (tertiary/aromatic N) is 5. The summed E-state index contributed by atoms with van der Waals surface area (Å²) in [6.45, 7) is 2.81. The molecule has 2 aliphatic heterocycles. The normalized spacial score (nSPS) is 20.6. The van der Waals surface area contributed by atoms with Crippen LogP contribution in [-0.2, 0) is 0 Å². The number of fused-ring (bicyclic) bond motifs is 1. The van der Waals surface area contributed by atoms with Crippen molar-refractivity contribution >= 4 is 28.9 Å². The summed E-state index contributed by atoms with van der Waals surface area (Å²) in [5, 5.41) is 26.6. The third-order valence-electron chi connectivity index (χ3n) is 6.05. The van der Waals surface area contributed by atoms with Crippen molar-refractivity contribution in [2.75, 3.05) is 18.4 Å². The molecule has 1 fully saturated rings. The maximum atomic E-state index is 14.9. The largest absolute Gasteiger partial charge is 0.369 e. The van der Waals surface area contributed by atoms with Crippen LogP contribution in [0.3, 0.4) is 0 Å². The number of aliphatic hydroxyl groups excluding tert-OH is 1. The van der Waals surface area contributed by atoms with Crippen LogP contribution in [-0.4, -0.2) is 50.7 Å². The van der Waals surface area contributed by atoms with Gasteiger partial charge in [0, 0.05) is 42.5 Å². The Bertz CT molecular complexity index is 1380. The minimum Gasteiger partial charge on any atom is -0.369 e. The van der Waals surface area contributed by atoms with E-state index in [4.69, 9.17) is 0 Å². The van der Waals surface area contributed by atoms with Gasteiger partial charge in [0.1, 0.15) is 6.07 Å². The van der Waals surface area contributed by atoms with Crippen LogP contribution in [0.5, 0.6) is 0 Å². The Balaban J connectivity index is 1.51. The SMILES string of the molecule is Cc1cncc(Nc2nc(N=C3CCNCC3N3C(=O)c4ccccc4C3O)c(F)cc2C#N)c1. The fraction of sp³-hybridized carbons (Fsp3) is 0.240. The summed E-state index contributed by atoms with van der Waals surface area (Å²) in [5.41, 5.74) is 3.01. The molecule has 2 aromatic heterocycles. The third-order valence-corrected chi connectivity index (χ3v) is 6.05. The molecule has 2 aliphatic rings. The number of rotatable bonds is 4. The van der Waals surface area contributed by atoms with Gasteiger partial charge in [-0.25, -0.2) is 14.4 Å². The second kappa shape index (κ2) is 9.21. The molecule has 176 valence electrons. The first-order valence-corrected chi connectivity index (χ1v) is 11.1. The van der Waals surface area contributed by atoms with Crippen molar-refractivity contribution < 1.29 is 14.3 Å². The van der Waals surface area contributed by atoms with Crippen LogP contribution in [0, 0.1) is 24.1 Å². The average molecular weight is 471 g/mol. The number of aliphatic hydroxyl groups is 1. The number of piperidine rings is 1. The number of carbonyl (C=O) groups is 1. The van der Waals surface area contributed by atoms with Crippen molar-refractivity contribution in [2.45, 2.75) is 25.6 Å². The standard InChI is InChI=1S/C25H22FN7O2/c1-14-8-16(12-29-11-14)30-22-15(10-27)9-19(26)23(32-22)31-20-6-7-28-13-21(20)33-24(34)17-4-2-3-5-18(17)25(33)35/h2-5,8-9,11-12,21,24,28,34H,6-7,13H2,1H3,(H,30,32). The van der Waals surface area contributed by atoms with Crippen LogP contribution in [0.1, 0.15) is 39.7 Å². The Morgan fingerprint density at radius 1 is 1.31 bits per heavy atom. The fourth-order valence-corrected chi connectivity index (χ4v) is 4.39. The van der Waals surface area contributed by atoms with E-state index in [1.165, 1.54) is 4.90 Å². The molecule has 2 unspecified atom stereocenters. The topological polar surface area (TPSA) is 127 Å². The first kappa shape index (κ1) is 22.6. The van der Waals surface area contributed by atoms with Gasteiger partial charge in [-0.1, -0.05) is 18.2 Å². The van der Waals surface area contributed by atoms with Crippen LogP contribution in [0.25, 0.3) is 0 Å². The van der Waals surface area contributed by atoms with Gasteiger partial charge in [0.15, 0.2) is 23.7 Å². The molecule has 3 aromatic rings. The number of hydrogen-bond donors (Lipinski definition) is 3. The van der Waals surface area contributed by atoms with Crippen LogP contribution in [0.15, 0.2) is 53.8 Å². The number of nitrogens with one attached hydrogen (secondary N) is 2. The highest BCUT2D eigenvalue weighted by Gasteiger charge is 2.42. The zero-order valence-electron chi connectivity index (χ0n) is 18.9. The minimum absolute atomic E-state index is 0.0235. The van der Waals surface area contributed by atoms with Gasteiger partial charge in [-0.2, -0.15) is 5.26 Å². The van der Waals surface area contributed by atoms with Gasteiger partial charge in [0.05, 0.1) is 23.5 Å². The van der Waals surface area contributed by atoms with Gasteiger partial charge in [-0.15, -0.1) is 0 Å². The number of carbonyl (C=O) groups excluding carboxylic acids is 1. The number of hydrogen-bond acceptors (Lipinski definition) is 8. The first-order valence-electron chi connectivity index (χ1n) is 11.1. The maximum Gasteiger partial charge on any atom is 0.257 e. The summed E-state index contributed by atoms with van der Waals surface area (Å²) in [6, 6.07) is 11.2. The molecule has 0 saturated carbocycles. The average Bonchev–Trinajstić information content (AvgIpc) is 3.11. The Labute approximate surface area is 201 Å². The summed E-state index contributed by atoms with van der Waals surface area (Å²) in [4.78, 5) is 27.3. The second-order valence-electron chi connectivity index (χ2n) is 8.42. The molecular weight excluding hydrogens is 449 g/mol. The Morgan fingerprint density at radius 2 is 2.14 bits per heavy atom. The lowest BCUT2D eigenvalue weighted by atomic mass is 10.0. The number of halogens is 1. The fourth-order valence-electron chi connectivity index (χ4n) is 4.39. The first-order chi connectivity index (χ1) is 17.0. The highest BCUT2D eigenvalue weighted by Crippen LogP contribution is 2.35. The van der Waals surface area contributed by atoms with Crippen molar-refractivity contribution in [3.63, 3.8) is 0 Å². The molecular formula is C25H22FN7O2. The Kier molecular flexibility index (Phi) is 5.94. The summed E-state index contributed by atoms with van der Waals surface area (Å²) in [7, 11) is 0. The number of amides is 1. The zero-order valence-corrected chi connectivity index (χ0v) is 18.9. The van der Waals surface area contributed by atoms with Gasteiger partial charge < -0.3 is 15.7 Å². The smallest absolute Gasteiger partial charge is 0.257 e. The summed E-state index contributed by atoms with van der Waals surface area (Å²) < 4.78 is 14.9. The van der Waals surface area contributed by atoms with Crippen molar-refractivity contribution in [2.24, 2.45) is 4.99 Å². The van der Waals surface area contributed by atoms with Crippen LogP contribution in [0.2, 0.25) is 0 Å². The quantitative estimate of drug-likeness (QED) is 0.534. The van der Waals surface area contributed by atoms with Crippen molar-refractivity contribution in [1.29, 1.82) is 5.26 Å². The monoisotopic (exact) mass is 471 g/mol. The van der Waals surface area contributed by atoms with Crippen molar-refractivity contribution in [3.8, 4) is 6.07 Å². The minimum atomic E-state index is -1.13. The molecule has 10 heteroatoms. The number of aryl methyl sites for hydroxylation is 1. The lowest BCUT2D eigenvalue weighted by Crippen LogP contribution is -2.53. The molecule has 0 spiro atoms. The van der Waals surface area contributed by atoms with E-state index in [0.717, 1.165) is 11.6 Å². The molecule has 0 bridgehead atoms. The van der Waals surface area contributed by atoms with Gasteiger partial charge in [-0.3, -0.25) is 14.7 Å². The highest BCUT2D eigenvalue weighted by molar-refractivity contribution is 6.03. The van der Waals surface area contributed by atoms with Gasteiger partial charge in [-0.05, 0) is 30.7 Å². The molecule has 1 amide bonds. The molecule has 4 heterocycles. The number of benzene rings is 1. The van der Waals surface area contributed by atoms with Crippen LogP contribution < -0.4 is 10.6 Å². The van der Waals surface area contributed by atoms with Crippen LogP contribution in [0.4, 0.5) is 21.7 Å². The number of aliphatic imine (C=N–C) groups is 1. The second-order valence-corrected chi connectivity index (χ2v) is 8.42. The molecule has 1 aromatic carbocycles. The molecule has 0 aliphatic carbocycles. The number of nitriles is 1. The van der Waals surface area contributed by atoms with E-state index < -0.39 is 18.1 Å². The number of pyridine rings is 2. The molecule has 9 nitrogen and oxygen atoms in total. The van der Waals surface area contributed by atoms with E-state index in [-0.39, 0.29) is 23.1 Å². The predicted octanol–water partition coefficient (Wildman–Crippen LogP) is 3.12. The molecule has 5 rings (SSSR count). The molecule has 0 radical (unpaired) electrons. The summed E-state index contributed by atoms with van der Waals surface area (Å²) in [6.07, 6.45) is 2.57. The van der Waals surface area contributed by atoms with E-state index in [9.17, 15) is 19.6 Å². The van der Waals surface area contributed by atoms with E-state index in [1.807, 2.05) is 19.1 Å². The lowest BCUT2D eigenvalue weighted by molar-refractivity contribution is 0.00763. The number of aromatic nitrogens is 2.